The third kappa shape index (κ3) is 4.82. The number of benzene rings is 2. The third-order valence-corrected chi connectivity index (χ3v) is 5.42. The Hall–Kier alpha value is -3.62. The maximum absolute atomic E-state index is 12.9. The molecule has 1 aliphatic rings. The molecule has 0 fully saturated rings. The van der Waals surface area contributed by atoms with E-state index >= 15 is 0 Å². The zero-order valence-corrected chi connectivity index (χ0v) is 17.3. The summed E-state index contributed by atoms with van der Waals surface area (Å²) in [6.45, 7) is 2.89. The van der Waals surface area contributed by atoms with E-state index in [2.05, 4.69) is 10.3 Å². The Bertz CT molecular complexity index is 1170. The van der Waals surface area contributed by atoms with Gasteiger partial charge < -0.3 is 14.8 Å². The van der Waals surface area contributed by atoms with Crippen molar-refractivity contribution in [2.24, 2.45) is 0 Å². The number of anilines is 1. The second kappa shape index (κ2) is 8.49. The lowest BCUT2D eigenvalue weighted by Gasteiger charge is -2.28. The number of alkyl halides is 3. The Morgan fingerprint density at radius 2 is 1.94 bits per heavy atom. The fraction of sp³-hybridized carbons (Fsp3) is 0.261. The highest BCUT2D eigenvalue weighted by Crippen LogP contribution is 2.29. The summed E-state index contributed by atoms with van der Waals surface area (Å²) >= 11 is 0. The van der Waals surface area contributed by atoms with Crippen molar-refractivity contribution in [1.29, 1.82) is 0 Å². The van der Waals surface area contributed by atoms with Gasteiger partial charge in [0.05, 0.1) is 11.9 Å². The fourth-order valence-corrected chi connectivity index (χ4v) is 3.72. The van der Waals surface area contributed by atoms with Gasteiger partial charge in [0.25, 0.3) is 5.91 Å². The molecule has 4 rings (SSSR count). The number of hydrogen-bond acceptors (Lipinski definition) is 3. The second-order valence-electron chi connectivity index (χ2n) is 7.76. The predicted octanol–water partition coefficient (Wildman–Crippen LogP) is 4.11. The van der Waals surface area contributed by atoms with Crippen LogP contribution in [-0.4, -0.2) is 32.8 Å². The van der Waals surface area contributed by atoms with Crippen molar-refractivity contribution in [2.75, 3.05) is 11.9 Å². The van der Waals surface area contributed by atoms with Gasteiger partial charge in [0.1, 0.15) is 0 Å². The van der Waals surface area contributed by atoms with Crippen LogP contribution in [0.3, 0.4) is 0 Å². The van der Waals surface area contributed by atoms with Crippen LogP contribution in [-0.2, 0) is 30.5 Å². The minimum absolute atomic E-state index is 0.0261. The lowest BCUT2D eigenvalue weighted by atomic mass is 9.97. The summed E-state index contributed by atoms with van der Waals surface area (Å²) in [6, 6.07) is 10.5. The van der Waals surface area contributed by atoms with Gasteiger partial charge in [-0.15, -0.1) is 0 Å². The van der Waals surface area contributed by atoms with E-state index in [-0.39, 0.29) is 18.4 Å². The van der Waals surface area contributed by atoms with E-state index in [1.807, 2.05) is 12.1 Å². The van der Waals surface area contributed by atoms with Gasteiger partial charge in [-0.3, -0.25) is 9.59 Å². The molecule has 2 heterocycles. The summed E-state index contributed by atoms with van der Waals surface area (Å²) in [5.41, 5.74) is 2.30. The molecule has 1 aromatic heterocycles. The van der Waals surface area contributed by atoms with Crippen LogP contribution in [0.4, 0.5) is 19.0 Å². The molecule has 0 bridgehead atoms. The van der Waals surface area contributed by atoms with E-state index in [1.54, 1.807) is 34.7 Å². The molecule has 0 spiro atoms. The smallest absolute Gasteiger partial charge is 0.338 e. The van der Waals surface area contributed by atoms with Gasteiger partial charge in [-0.2, -0.15) is 13.2 Å². The first-order valence-corrected chi connectivity index (χ1v) is 10.1. The van der Waals surface area contributed by atoms with Crippen molar-refractivity contribution in [1.82, 2.24) is 14.5 Å². The van der Waals surface area contributed by atoms with Crippen LogP contribution in [0.15, 0.2) is 55.0 Å². The fourth-order valence-electron chi connectivity index (χ4n) is 3.72. The SMILES string of the molecule is CC(=O)N1CCc2cc(C(=O)Nc3cn(Cc4cccc(C(F)(F)F)c4)cn3)ccc2C1. The van der Waals surface area contributed by atoms with Gasteiger partial charge in [-0.25, -0.2) is 4.98 Å². The predicted molar refractivity (Wildman–Crippen MR) is 112 cm³/mol. The molecule has 9 heteroatoms. The first kappa shape index (κ1) is 21.6. The Balaban J connectivity index is 1.42. The molecular formula is C23H21F3N4O2. The number of halogens is 3. The van der Waals surface area contributed by atoms with E-state index in [4.69, 9.17) is 0 Å². The van der Waals surface area contributed by atoms with Gasteiger partial charge in [0.2, 0.25) is 5.91 Å². The number of aromatic nitrogens is 2. The third-order valence-electron chi connectivity index (χ3n) is 5.42. The highest BCUT2D eigenvalue weighted by atomic mass is 19.4. The Morgan fingerprint density at radius 3 is 2.69 bits per heavy atom. The van der Waals surface area contributed by atoms with Crippen molar-refractivity contribution in [3.05, 3.63) is 82.8 Å². The van der Waals surface area contributed by atoms with E-state index in [0.717, 1.165) is 23.3 Å². The lowest BCUT2D eigenvalue weighted by Crippen LogP contribution is -2.34. The number of hydrogen-bond donors (Lipinski definition) is 1. The molecule has 1 aliphatic heterocycles. The number of amides is 2. The van der Waals surface area contributed by atoms with Gasteiger partial charge in [0.15, 0.2) is 5.82 Å². The summed E-state index contributed by atoms with van der Waals surface area (Å²) < 4.78 is 40.3. The van der Waals surface area contributed by atoms with Crippen LogP contribution in [0.25, 0.3) is 0 Å². The number of nitrogens with zero attached hydrogens (tertiary/aromatic N) is 3. The minimum Gasteiger partial charge on any atom is -0.338 e. The number of fused-ring (bicyclic) bond motifs is 1. The van der Waals surface area contributed by atoms with Gasteiger partial charge in [-0.1, -0.05) is 18.2 Å². The van der Waals surface area contributed by atoms with Crippen LogP contribution in [0.1, 0.15) is 39.5 Å². The topological polar surface area (TPSA) is 67.2 Å². The molecule has 0 saturated carbocycles. The van der Waals surface area contributed by atoms with Crippen molar-refractivity contribution >= 4 is 17.6 Å². The molecule has 3 aromatic rings. The minimum atomic E-state index is -4.40. The normalized spacial score (nSPS) is 13.6. The molecule has 1 N–H and O–H groups in total. The molecule has 0 radical (unpaired) electrons. The molecule has 0 atom stereocenters. The number of nitrogens with one attached hydrogen (secondary N) is 1. The van der Waals surface area contributed by atoms with Crippen LogP contribution in [0.5, 0.6) is 0 Å². The van der Waals surface area contributed by atoms with Crippen LogP contribution < -0.4 is 5.32 Å². The molecule has 0 saturated heterocycles. The highest BCUT2D eigenvalue weighted by Gasteiger charge is 2.30. The number of imidazole rings is 1. The maximum Gasteiger partial charge on any atom is 0.416 e. The first-order valence-electron chi connectivity index (χ1n) is 10.1. The highest BCUT2D eigenvalue weighted by molar-refractivity contribution is 6.03. The van der Waals surface area contributed by atoms with Crippen LogP contribution >= 0.6 is 0 Å². The van der Waals surface area contributed by atoms with Crippen molar-refractivity contribution in [3.63, 3.8) is 0 Å². The molecular weight excluding hydrogens is 421 g/mol. The number of carbonyl (C=O) groups excluding carboxylic acids is 2. The van der Waals surface area contributed by atoms with Crippen molar-refractivity contribution < 1.29 is 22.8 Å². The van der Waals surface area contributed by atoms with Crippen LogP contribution in [0.2, 0.25) is 0 Å². The van der Waals surface area contributed by atoms with Gasteiger partial charge >= 0.3 is 6.18 Å². The largest absolute Gasteiger partial charge is 0.416 e. The Kier molecular flexibility index (Phi) is 5.73. The van der Waals surface area contributed by atoms with Crippen molar-refractivity contribution in [2.45, 2.75) is 32.6 Å². The molecule has 2 amide bonds. The van der Waals surface area contributed by atoms with E-state index in [0.29, 0.717) is 36.5 Å². The van der Waals surface area contributed by atoms with E-state index in [9.17, 15) is 22.8 Å². The monoisotopic (exact) mass is 442 g/mol. The van der Waals surface area contributed by atoms with Gasteiger partial charge in [-0.05, 0) is 47.4 Å². The summed E-state index contributed by atoms with van der Waals surface area (Å²) in [7, 11) is 0. The standard InChI is InChI=1S/C23H21F3N4O2/c1-15(31)30-8-7-17-10-18(5-6-19(17)12-30)22(32)28-21-13-29(14-27-21)11-16-3-2-4-20(9-16)23(24,25)26/h2-6,9-10,13-14H,7-8,11-12H2,1H3,(H,28,32). The quantitative estimate of drug-likeness (QED) is 0.662. The summed E-state index contributed by atoms with van der Waals surface area (Å²) in [6.07, 6.45) is -0.689. The van der Waals surface area contributed by atoms with E-state index < -0.39 is 11.7 Å². The molecule has 0 unspecified atom stereocenters. The molecule has 166 valence electrons. The summed E-state index contributed by atoms with van der Waals surface area (Å²) in [5, 5.41) is 2.72. The number of carbonyl (C=O) groups is 2. The summed E-state index contributed by atoms with van der Waals surface area (Å²) in [4.78, 5) is 30.1. The maximum atomic E-state index is 12.9. The molecule has 6 nitrogen and oxygen atoms in total. The molecule has 0 aliphatic carbocycles. The zero-order valence-electron chi connectivity index (χ0n) is 17.3. The number of rotatable bonds is 4. The Labute approximate surface area is 182 Å². The zero-order chi connectivity index (χ0) is 22.9. The molecule has 32 heavy (non-hydrogen) atoms. The average molecular weight is 442 g/mol. The van der Waals surface area contributed by atoms with E-state index in [1.165, 1.54) is 12.4 Å². The summed E-state index contributed by atoms with van der Waals surface area (Å²) in [5.74, 6) is 0.00626. The molecule has 2 aromatic carbocycles. The lowest BCUT2D eigenvalue weighted by molar-refractivity contribution is -0.137. The second-order valence-corrected chi connectivity index (χ2v) is 7.76. The Morgan fingerprint density at radius 1 is 1.12 bits per heavy atom. The first-order chi connectivity index (χ1) is 15.2. The van der Waals surface area contributed by atoms with Crippen molar-refractivity contribution in [3.8, 4) is 0 Å². The van der Waals surface area contributed by atoms with Crippen LogP contribution in [0, 0.1) is 0 Å². The average Bonchev–Trinajstić information content (AvgIpc) is 3.19. The van der Waals surface area contributed by atoms with Gasteiger partial charge in [0, 0.05) is 38.3 Å².